The summed E-state index contributed by atoms with van der Waals surface area (Å²) in [4.78, 5) is 11.8. The van der Waals surface area contributed by atoms with Gasteiger partial charge in [-0.15, -0.1) is 0 Å². The Morgan fingerprint density at radius 1 is 1.26 bits per heavy atom. The van der Waals surface area contributed by atoms with Gasteiger partial charge >= 0.3 is 0 Å². The van der Waals surface area contributed by atoms with Gasteiger partial charge in [0.25, 0.3) is 0 Å². The second kappa shape index (κ2) is 8.33. The van der Waals surface area contributed by atoms with Crippen molar-refractivity contribution >= 4 is 27.5 Å². The number of carbonyl (C=O) groups excluding carboxylic acids is 1. The summed E-state index contributed by atoms with van der Waals surface area (Å²) in [5.41, 5.74) is 0.816. The van der Waals surface area contributed by atoms with Crippen LogP contribution < -0.4 is 10.6 Å². The second-order valence-corrected chi connectivity index (χ2v) is 6.23. The number of anilines is 1. The molecule has 19 heavy (non-hydrogen) atoms. The van der Waals surface area contributed by atoms with E-state index in [2.05, 4.69) is 47.3 Å². The molecule has 0 bridgehead atoms. The molecule has 1 aromatic rings. The number of amides is 1. The first kappa shape index (κ1) is 16.2. The summed E-state index contributed by atoms with van der Waals surface area (Å²) in [6.07, 6.45) is 2.28. The maximum Gasteiger partial charge on any atom is 0.238 e. The van der Waals surface area contributed by atoms with E-state index in [0.29, 0.717) is 18.5 Å². The highest BCUT2D eigenvalue weighted by atomic mass is 79.9. The van der Waals surface area contributed by atoms with Crippen LogP contribution >= 0.6 is 15.9 Å². The Balaban J connectivity index is 2.28. The zero-order valence-corrected chi connectivity index (χ0v) is 13.5. The fourth-order valence-corrected chi connectivity index (χ4v) is 2.12. The highest BCUT2D eigenvalue weighted by Crippen LogP contribution is 2.15. The summed E-state index contributed by atoms with van der Waals surface area (Å²) in [6.45, 7) is 6.90. The third-order valence-corrected chi connectivity index (χ3v) is 3.39. The largest absolute Gasteiger partial charge is 0.325 e. The molecule has 0 heterocycles. The third-order valence-electron chi connectivity index (χ3n) is 2.90. The molecule has 1 aromatic carbocycles. The molecular formula is C15H23BrN2O. The van der Waals surface area contributed by atoms with Gasteiger partial charge in [0.05, 0.1) is 6.54 Å². The van der Waals surface area contributed by atoms with Crippen molar-refractivity contribution in [3.8, 4) is 0 Å². The van der Waals surface area contributed by atoms with Gasteiger partial charge in [-0.25, -0.2) is 0 Å². The Labute approximate surface area is 124 Å². The van der Waals surface area contributed by atoms with Crippen molar-refractivity contribution in [3.63, 3.8) is 0 Å². The first-order chi connectivity index (χ1) is 8.97. The number of hydrogen-bond donors (Lipinski definition) is 2. The molecule has 0 spiro atoms. The van der Waals surface area contributed by atoms with Gasteiger partial charge < -0.3 is 10.6 Å². The Kier molecular flexibility index (Phi) is 7.10. The summed E-state index contributed by atoms with van der Waals surface area (Å²) >= 11 is 3.38. The van der Waals surface area contributed by atoms with E-state index in [-0.39, 0.29) is 5.91 Å². The minimum absolute atomic E-state index is 0.00510. The van der Waals surface area contributed by atoms with Crippen LogP contribution in [-0.4, -0.2) is 18.5 Å². The first-order valence-corrected chi connectivity index (χ1v) is 7.55. The topological polar surface area (TPSA) is 41.1 Å². The van der Waals surface area contributed by atoms with Crippen LogP contribution in [0.25, 0.3) is 0 Å². The molecule has 1 rings (SSSR count). The van der Waals surface area contributed by atoms with Crippen molar-refractivity contribution in [2.45, 2.75) is 39.7 Å². The van der Waals surface area contributed by atoms with Crippen molar-refractivity contribution < 1.29 is 4.79 Å². The minimum Gasteiger partial charge on any atom is -0.325 e. The van der Waals surface area contributed by atoms with E-state index in [1.54, 1.807) is 0 Å². The Hall–Kier alpha value is -0.870. The van der Waals surface area contributed by atoms with Crippen molar-refractivity contribution in [2.75, 3.05) is 11.9 Å². The molecule has 0 radical (unpaired) electrons. The van der Waals surface area contributed by atoms with Crippen molar-refractivity contribution in [3.05, 3.63) is 28.7 Å². The highest BCUT2D eigenvalue weighted by molar-refractivity contribution is 9.10. The van der Waals surface area contributed by atoms with Crippen LogP contribution in [0, 0.1) is 5.92 Å². The van der Waals surface area contributed by atoms with Gasteiger partial charge in [0.2, 0.25) is 5.91 Å². The normalized spacial score (nSPS) is 12.5. The lowest BCUT2D eigenvalue weighted by Gasteiger charge is -2.14. The van der Waals surface area contributed by atoms with Crippen molar-refractivity contribution in [1.82, 2.24) is 5.32 Å². The SMILES string of the molecule is CC(C)CC[C@@H](C)NCC(=O)Nc1cccc(Br)c1. The van der Waals surface area contributed by atoms with E-state index in [1.165, 1.54) is 6.42 Å². The molecule has 0 aliphatic rings. The number of hydrogen-bond acceptors (Lipinski definition) is 2. The van der Waals surface area contributed by atoms with E-state index in [0.717, 1.165) is 16.6 Å². The number of nitrogens with one attached hydrogen (secondary N) is 2. The van der Waals surface area contributed by atoms with Gasteiger partial charge in [-0.2, -0.15) is 0 Å². The van der Waals surface area contributed by atoms with E-state index in [9.17, 15) is 4.79 Å². The standard InChI is InChI=1S/C15H23BrN2O/c1-11(2)7-8-12(3)17-10-15(19)18-14-6-4-5-13(16)9-14/h4-6,9,11-12,17H,7-8,10H2,1-3H3,(H,18,19)/t12-/m1/s1. The average molecular weight is 327 g/mol. The number of benzene rings is 1. The summed E-state index contributed by atoms with van der Waals surface area (Å²) < 4.78 is 0.962. The molecular weight excluding hydrogens is 304 g/mol. The predicted octanol–water partition coefficient (Wildman–Crippen LogP) is 3.80. The molecule has 0 aliphatic carbocycles. The second-order valence-electron chi connectivity index (χ2n) is 5.31. The maximum atomic E-state index is 11.8. The number of carbonyl (C=O) groups is 1. The summed E-state index contributed by atoms with van der Waals surface area (Å²) in [6, 6.07) is 7.97. The summed E-state index contributed by atoms with van der Waals surface area (Å²) in [7, 11) is 0. The molecule has 0 saturated carbocycles. The van der Waals surface area contributed by atoms with Crippen molar-refractivity contribution in [1.29, 1.82) is 0 Å². The molecule has 4 heteroatoms. The number of rotatable bonds is 7. The van der Waals surface area contributed by atoms with E-state index >= 15 is 0 Å². The van der Waals surface area contributed by atoms with Gasteiger partial charge in [0.1, 0.15) is 0 Å². The lowest BCUT2D eigenvalue weighted by molar-refractivity contribution is -0.115. The maximum absolute atomic E-state index is 11.8. The van der Waals surface area contributed by atoms with Gasteiger partial charge in [0, 0.05) is 16.2 Å². The highest BCUT2D eigenvalue weighted by Gasteiger charge is 2.07. The van der Waals surface area contributed by atoms with Crippen LogP contribution in [-0.2, 0) is 4.79 Å². The van der Waals surface area contributed by atoms with Crippen LogP contribution in [0.1, 0.15) is 33.6 Å². The van der Waals surface area contributed by atoms with Crippen molar-refractivity contribution in [2.24, 2.45) is 5.92 Å². The molecule has 106 valence electrons. The van der Waals surface area contributed by atoms with Crippen LogP contribution in [0.2, 0.25) is 0 Å². The molecule has 3 nitrogen and oxygen atoms in total. The van der Waals surface area contributed by atoms with Crippen LogP contribution in [0.5, 0.6) is 0 Å². The quantitative estimate of drug-likeness (QED) is 0.800. The Morgan fingerprint density at radius 2 is 2.00 bits per heavy atom. The van der Waals surface area contributed by atoms with E-state index in [4.69, 9.17) is 0 Å². The van der Waals surface area contributed by atoms with E-state index in [1.807, 2.05) is 24.3 Å². The molecule has 1 amide bonds. The molecule has 0 saturated heterocycles. The van der Waals surface area contributed by atoms with Gasteiger partial charge in [0.15, 0.2) is 0 Å². The molecule has 2 N–H and O–H groups in total. The Morgan fingerprint density at radius 3 is 2.63 bits per heavy atom. The Bertz CT molecular complexity index is 407. The smallest absolute Gasteiger partial charge is 0.238 e. The first-order valence-electron chi connectivity index (χ1n) is 6.76. The summed E-state index contributed by atoms with van der Waals surface area (Å²) in [5, 5.41) is 6.12. The average Bonchev–Trinajstić information content (AvgIpc) is 2.34. The number of halogens is 1. The fraction of sp³-hybridized carbons (Fsp3) is 0.533. The van der Waals surface area contributed by atoms with Gasteiger partial charge in [-0.1, -0.05) is 35.8 Å². The zero-order valence-electron chi connectivity index (χ0n) is 11.9. The van der Waals surface area contributed by atoms with Gasteiger partial charge in [-0.3, -0.25) is 4.79 Å². The minimum atomic E-state index is -0.00510. The molecule has 0 fully saturated rings. The molecule has 0 aliphatic heterocycles. The fourth-order valence-electron chi connectivity index (χ4n) is 1.72. The zero-order chi connectivity index (χ0) is 14.3. The third kappa shape index (κ3) is 7.33. The molecule has 1 atom stereocenters. The van der Waals surface area contributed by atoms with Gasteiger partial charge in [-0.05, 0) is 43.9 Å². The molecule has 0 unspecified atom stereocenters. The van der Waals surface area contributed by atoms with Crippen LogP contribution in [0.3, 0.4) is 0 Å². The predicted molar refractivity (Wildman–Crippen MR) is 84.3 cm³/mol. The lowest BCUT2D eigenvalue weighted by Crippen LogP contribution is -2.34. The monoisotopic (exact) mass is 326 g/mol. The van der Waals surface area contributed by atoms with Crippen LogP contribution in [0.4, 0.5) is 5.69 Å². The lowest BCUT2D eigenvalue weighted by atomic mass is 10.0. The summed E-state index contributed by atoms with van der Waals surface area (Å²) in [5.74, 6) is 0.703. The molecule has 0 aromatic heterocycles. The van der Waals surface area contributed by atoms with Crippen LogP contribution in [0.15, 0.2) is 28.7 Å². The van der Waals surface area contributed by atoms with E-state index < -0.39 is 0 Å².